The number of nitrogens with zero attached hydrogens (tertiary/aromatic N) is 4. The van der Waals surface area contributed by atoms with Crippen LogP contribution in [0.4, 0.5) is 0 Å². The highest BCUT2D eigenvalue weighted by Crippen LogP contribution is 2.27. The van der Waals surface area contributed by atoms with Crippen molar-refractivity contribution in [3.05, 3.63) is 60.8 Å². The minimum Gasteiger partial charge on any atom is -0.388 e. The first kappa shape index (κ1) is 15.8. The van der Waals surface area contributed by atoms with Gasteiger partial charge in [0.2, 0.25) is 0 Å². The van der Waals surface area contributed by atoms with E-state index in [1.165, 1.54) is 0 Å². The molecule has 1 saturated heterocycles. The summed E-state index contributed by atoms with van der Waals surface area (Å²) in [6.07, 6.45) is 9.94. The molecule has 3 aromatic rings. The Morgan fingerprint density at radius 3 is 2.56 bits per heavy atom. The van der Waals surface area contributed by atoms with Gasteiger partial charge in [-0.1, -0.05) is 0 Å². The summed E-state index contributed by atoms with van der Waals surface area (Å²) in [5.74, 6) is 0.0000592. The number of rotatable bonds is 3. The first-order chi connectivity index (χ1) is 12.1. The molecule has 0 spiro atoms. The molecule has 0 aliphatic carbocycles. The van der Waals surface area contributed by atoms with Gasteiger partial charge in [0.05, 0.1) is 23.9 Å². The maximum atomic E-state index is 12.5. The second-order valence-corrected chi connectivity index (χ2v) is 6.63. The molecule has 0 bridgehead atoms. The fraction of sp³-hybridized carbons (Fsp3) is 0.316. The van der Waals surface area contributed by atoms with E-state index >= 15 is 0 Å². The number of piperidine rings is 1. The smallest absolute Gasteiger partial charge is 0.253 e. The molecule has 0 saturated carbocycles. The van der Waals surface area contributed by atoms with E-state index in [1.54, 1.807) is 35.6 Å². The Labute approximate surface area is 145 Å². The van der Waals surface area contributed by atoms with Crippen molar-refractivity contribution < 1.29 is 9.90 Å². The van der Waals surface area contributed by atoms with E-state index in [9.17, 15) is 9.90 Å². The number of pyridine rings is 2. The molecule has 4 heterocycles. The van der Waals surface area contributed by atoms with Crippen LogP contribution in [0.1, 0.15) is 23.2 Å². The Morgan fingerprint density at radius 2 is 1.80 bits per heavy atom. The third kappa shape index (κ3) is 3.13. The molecule has 0 aromatic carbocycles. The van der Waals surface area contributed by atoms with Crippen molar-refractivity contribution in [2.45, 2.75) is 25.0 Å². The van der Waals surface area contributed by atoms with Crippen molar-refractivity contribution in [2.24, 2.45) is 0 Å². The van der Waals surface area contributed by atoms with Crippen LogP contribution in [0.15, 0.2) is 55.2 Å². The Bertz CT molecular complexity index is 883. The minimum absolute atomic E-state index is 0.0000592. The number of likely N-dealkylation sites (tertiary alicyclic amines) is 1. The standard InChI is InChI=1S/C19H20N4O2/c24-18(16-2-7-20-8-3-16)22-11-5-19(25,6-12-22)14-23-10-4-15-1-9-21-13-17(15)23/h1-4,7-10,13,25H,5-6,11-12,14H2. The summed E-state index contributed by atoms with van der Waals surface area (Å²) >= 11 is 0. The van der Waals surface area contributed by atoms with Crippen molar-refractivity contribution in [1.82, 2.24) is 19.4 Å². The molecule has 3 aromatic heterocycles. The van der Waals surface area contributed by atoms with Crippen LogP contribution in [0, 0.1) is 0 Å². The average Bonchev–Trinajstić information content (AvgIpc) is 3.05. The molecule has 25 heavy (non-hydrogen) atoms. The maximum Gasteiger partial charge on any atom is 0.253 e. The molecule has 0 radical (unpaired) electrons. The Kier molecular flexibility index (Phi) is 3.97. The summed E-state index contributed by atoms with van der Waals surface area (Å²) < 4.78 is 2.04. The van der Waals surface area contributed by atoms with Gasteiger partial charge in [0.1, 0.15) is 0 Å². The highest BCUT2D eigenvalue weighted by atomic mass is 16.3. The minimum atomic E-state index is -0.809. The van der Waals surface area contributed by atoms with E-state index in [-0.39, 0.29) is 5.91 Å². The molecule has 0 atom stereocenters. The molecular formula is C19H20N4O2. The molecule has 6 nitrogen and oxygen atoms in total. The number of carbonyl (C=O) groups is 1. The topological polar surface area (TPSA) is 71.2 Å². The van der Waals surface area contributed by atoms with Crippen LogP contribution in [-0.4, -0.2) is 49.1 Å². The van der Waals surface area contributed by atoms with Crippen LogP contribution in [-0.2, 0) is 6.54 Å². The number of carbonyl (C=O) groups excluding carboxylic acids is 1. The molecule has 1 aliphatic rings. The number of hydrogen-bond donors (Lipinski definition) is 1. The lowest BCUT2D eigenvalue weighted by Crippen LogP contribution is -2.48. The van der Waals surface area contributed by atoms with Crippen LogP contribution in [0.3, 0.4) is 0 Å². The number of aromatic nitrogens is 3. The molecule has 1 aliphatic heterocycles. The van der Waals surface area contributed by atoms with Gasteiger partial charge < -0.3 is 14.6 Å². The van der Waals surface area contributed by atoms with E-state index in [2.05, 4.69) is 9.97 Å². The maximum absolute atomic E-state index is 12.5. The van der Waals surface area contributed by atoms with Gasteiger partial charge in [-0.3, -0.25) is 14.8 Å². The first-order valence-corrected chi connectivity index (χ1v) is 8.45. The van der Waals surface area contributed by atoms with Crippen LogP contribution in [0.5, 0.6) is 0 Å². The first-order valence-electron chi connectivity index (χ1n) is 8.45. The van der Waals surface area contributed by atoms with Gasteiger partial charge in [-0.15, -0.1) is 0 Å². The fourth-order valence-corrected chi connectivity index (χ4v) is 3.44. The fourth-order valence-electron chi connectivity index (χ4n) is 3.44. The summed E-state index contributed by atoms with van der Waals surface area (Å²) in [6.45, 7) is 1.61. The lowest BCUT2D eigenvalue weighted by Gasteiger charge is -2.38. The quantitative estimate of drug-likeness (QED) is 0.795. The average molecular weight is 336 g/mol. The molecular weight excluding hydrogens is 316 g/mol. The monoisotopic (exact) mass is 336 g/mol. The predicted molar refractivity (Wildman–Crippen MR) is 94.1 cm³/mol. The third-order valence-electron chi connectivity index (χ3n) is 4.95. The number of amides is 1. The van der Waals surface area contributed by atoms with Crippen molar-refractivity contribution in [1.29, 1.82) is 0 Å². The van der Waals surface area contributed by atoms with E-state index in [4.69, 9.17) is 0 Å². The molecule has 0 unspecified atom stereocenters. The van der Waals surface area contributed by atoms with Gasteiger partial charge in [0, 0.05) is 48.8 Å². The molecule has 4 rings (SSSR count). The number of fused-ring (bicyclic) bond motifs is 1. The number of hydrogen-bond acceptors (Lipinski definition) is 4. The van der Waals surface area contributed by atoms with Gasteiger partial charge in [-0.2, -0.15) is 0 Å². The summed E-state index contributed by atoms with van der Waals surface area (Å²) in [5, 5.41) is 12.1. The normalized spacial score (nSPS) is 16.9. The van der Waals surface area contributed by atoms with Gasteiger partial charge in [-0.05, 0) is 37.1 Å². The lowest BCUT2D eigenvalue weighted by atomic mass is 9.91. The van der Waals surface area contributed by atoms with E-state index < -0.39 is 5.60 Å². The lowest BCUT2D eigenvalue weighted by molar-refractivity contribution is -0.0283. The molecule has 1 N–H and O–H groups in total. The SMILES string of the molecule is O=C(c1ccncc1)N1CCC(O)(Cn2ccc3ccncc32)CC1. The molecule has 1 amide bonds. The largest absolute Gasteiger partial charge is 0.388 e. The van der Waals surface area contributed by atoms with E-state index in [0.29, 0.717) is 38.0 Å². The zero-order valence-electron chi connectivity index (χ0n) is 13.9. The Morgan fingerprint density at radius 1 is 1.08 bits per heavy atom. The van der Waals surface area contributed by atoms with Crippen LogP contribution in [0.2, 0.25) is 0 Å². The van der Waals surface area contributed by atoms with Crippen molar-refractivity contribution in [3.8, 4) is 0 Å². The Balaban J connectivity index is 1.44. The van der Waals surface area contributed by atoms with Gasteiger partial charge in [0.25, 0.3) is 5.91 Å². The van der Waals surface area contributed by atoms with Crippen LogP contribution < -0.4 is 0 Å². The highest BCUT2D eigenvalue weighted by Gasteiger charge is 2.34. The molecule has 1 fully saturated rings. The summed E-state index contributed by atoms with van der Waals surface area (Å²) in [6, 6.07) is 7.44. The van der Waals surface area contributed by atoms with Gasteiger partial charge in [-0.25, -0.2) is 0 Å². The van der Waals surface area contributed by atoms with Gasteiger partial charge >= 0.3 is 0 Å². The molecule has 6 heteroatoms. The Hall–Kier alpha value is -2.73. The van der Waals surface area contributed by atoms with E-state index in [1.807, 2.05) is 29.1 Å². The van der Waals surface area contributed by atoms with Gasteiger partial charge in [0.15, 0.2) is 0 Å². The second-order valence-electron chi connectivity index (χ2n) is 6.63. The number of aliphatic hydroxyl groups is 1. The van der Waals surface area contributed by atoms with E-state index in [0.717, 1.165) is 10.9 Å². The van der Waals surface area contributed by atoms with Crippen molar-refractivity contribution >= 4 is 16.8 Å². The van der Waals surface area contributed by atoms with Crippen LogP contribution >= 0.6 is 0 Å². The second kappa shape index (κ2) is 6.29. The summed E-state index contributed by atoms with van der Waals surface area (Å²) in [5.41, 5.74) is 0.853. The zero-order valence-corrected chi connectivity index (χ0v) is 13.9. The highest BCUT2D eigenvalue weighted by molar-refractivity contribution is 5.94. The molecule has 128 valence electrons. The summed E-state index contributed by atoms with van der Waals surface area (Å²) in [7, 11) is 0. The van der Waals surface area contributed by atoms with Crippen molar-refractivity contribution in [3.63, 3.8) is 0 Å². The third-order valence-corrected chi connectivity index (χ3v) is 4.95. The predicted octanol–water partition coefficient (Wildman–Crippen LogP) is 2.10. The summed E-state index contributed by atoms with van der Waals surface area (Å²) in [4.78, 5) is 22.4. The van der Waals surface area contributed by atoms with Crippen molar-refractivity contribution in [2.75, 3.05) is 13.1 Å². The van der Waals surface area contributed by atoms with Crippen LogP contribution in [0.25, 0.3) is 10.9 Å². The zero-order chi connectivity index (χ0) is 17.3.